The van der Waals surface area contributed by atoms with Gasteiger partial charge >= 0.3 is 6.18 Å². The van der Waals surface area contributed by atoms with Gasteiger partial charge in [-0.3, -0.25) is 0 Å². The first-order valence-corrected chi connectivity index (χ1v) is 5.53. The van der Waals surface area contributed by atoms with Crippen molar-refractivity contribution in [3.8, 4) is 0 Å². The minimum absolute atomic E-state index is 0. The van der Waals surface area contributed by atoms with Gasteiger partial charge < -0.3 is 5.73 Å². The van der Waals surface area contributed by atoms with Gasteiger partial charge in [-0.15, -0.1) is 12.4 Å². The van der Waals surface area contributed by atoms with Gasteiger partial charge in [-0.2, -0.15) is 13.2 Å². The summed E-state index contributed by atoms with van der Waals surface area (Å²) in [5, 5.41) is 0.264. The van der Waals surface area contributed by atoms with E-state index in [4.69, 9.17) is 17.3 Å². The van der Waals surface area contributed by atoms with E-state index < -0.39 is 17.8 Å². The Kier molecular flexibility index (Phi) is 5.54. The van der Waals surface area contributed by atoms with Gasteiger partial charge in [-0.25, -0.2) is 0 Å². The molecule has 1 aromatic rings. The Balaban J connectivity index is 0.00000289. The fraction of sp³-hybridized carbons (Fsp3) is 0.500. The van der Waals surface area contributed by atoms with Gasteiger partial charge in [-0.1, -0.05) is 32.4 Å². The van der Waals surface area contributed by atoms with E-state index in [-0.39, 0.29) is 22.8 Å². The molecule has 104 valence electrons. The van der Waals surface area contributed by atoms with Crippen LogP contribution in [-0.4, -0.2) is 0 Å². The van der Waals surface area contributed by atoms with E-state index in [0.29, 0.717) is 5.56 Å². The Morgan fingerprint density at radius 3 is 2.06 bits per heavy atom. The molecule has 0 amide bonds. The van der Waals surface area contributed by atoms with E-state index in [0.717, 1.165) is 12.1 Å². The first kappa shape index (κ1) is 17.6. The molecule has 0 saturated heterocycles. The van der Waals surface area contributed by atoms with Crippen molar-refractivity contribution >= 4 is 24.0 Å². The second kappa shape index (κ2) is 5.68. The molecule has 18 heavy (non-hydrogen) atoms. The third kappa shape index (κ3) is 4.04. The number of halogens is 5. The standard InChI is InChI=1S/C12H15ClF3N.ClH/c1-11(2,3)10(17)8-6-7(12(14,15)16)4-5-9(8)13;/h4-6,10H,17H2,1-3H3;1H/t10-;/m1./s1. The Labute approximate surface area is 116 Å². The van der Waals surface area contributed by atoms with Gasteiger partial charge in [0.2, 0.25) is 0 Å². The molecule has 0 unspecified atom stereocenters. The molecule has 0 bridgehead atoms. The SMILES string of the molecule is CC(C)(C)[C@H](N)c1cc(C(F)(F)F)ccc1Cl.Cl. The average molecular weight is 302 g/mol. The lowest BCUT2D eigenvalue weighted by Gasteiger charge is -2.28. The average Bonchev–Trinajstić information content (AvgIpc) is 2.14. The van der Waals surface area contributed by atoms with Gasteiger partial charge in [-0.05, 0) is 29.2 Å². The molecule has 0 aromatic heterocycles. The van der Waals surface area contributed by atoms with E-state index >= 15 is 0 Å². The molecule has 0 radical (unpaired) electrons. The molecule has 0 aliphatic carbocycles. The molecule has 0 aliphatic rings. The summed E-state index contributed by atoms with van der Waals surface area (Å²) in [5.74, 6) is 0. The summed E-state index contributed by atoms with van der Waals surface area (Å²) < 4.78 is 37.7. The van der Waals surface area contributed by atoms with Crippen LogP contribution in [0.15, 0.2) is 18.2 Å². The largest absolute Gasteiger partial charge is 0.416 e. The molecule has 6 heteroatoms. The minimum atomic E-state index is -4.38. The lowest BCUT2D eigenvalue weighted by atomic mass is 9.82. The van der Waals surface area contributed by atoms with Crippen LogP contribution < -0.4 is 5.73 Å². The molecule has 0 heterocycles. The molecule has 1 atom stereocenters. The molecule has 0 aliphatic heterocycles. The minimum Gasteiger partial charge on any atom is -0.323 e. The zero-order valence-electron chi connectivity index (χ0n) is 10.3. The van der Waals surface area contributed by atoms with Crippen LogP contribution in [0.1, 0.15) is 37.9 Å². The van der Waals surface area contributed by atoms with Crippen LogP contribution in [0.4, 0.5) is 13.2 Å². The Hall–Kier alpha value is -0.450. The summed E-state index contributed by atoms with van der Waals surface area (Å²) in [7, 11) is 0. The van der Waals surface area contributed by atoms with Crippen LogP contribution in [0, 0.1) is 5.41 Å². The smallest absolute Gasteiger partial charge is 0.323 e. The quantitative estimate of drug-likeness (QED) is 0.790. The van der Waals surface area contributed by atoms with Gasteiger partial charge in [0, 0.05) is 11.1 Å². The first-order valence-electron chi connectivity index (χ1n) is 5.15. The van der Waals surface area contributed by atoms with Crippen molar-refractivity contribution in [1.82, 2.24) is 0 Å². The summed E-state index contributed by atoms with van der Waals surface area (Å²) in [6.45, 7) is 5.57. The van der Waals surface area contributed by atoms with Crippen molar-refractivity contribution in [1.29, 1.82) is 0 Å². The lowest BCUT2D eigenvalue weighted by molar-refractivity contribution is -0.137. The molecule has 1 nitrogen and oxygen atoms in total. The number of hydrogen-bond donors (Lipinski definition) is 1. The summed E-state index contributed by atoms with van der Waals surface area (Å²) in [6, 6.07) is 2.68. The van der Waals surface area contributed by atoms with E-state index in [9.17, 15) is 13.2 Å². The van der Waals surface area contributed by atoms with E-state index in [1.807, 2.05) is 20.8 Å². The van der Waals surface area contributed by atoms with Crippen LogP contribution in [-0.2, 0) is 6.18 Å². The lowest BCUT2D eigenvalue weighted by Crippen LogP contribution is -2.27. The maximum Gasteiger partial charge on any atom is 0.416 e. The summed E-state index contributed by atoms with van der Waals surface area (Å²) in [6.07, 6.45) is -4.38. The molecular weight excluding hydrogens is 286 g/mol. The number of rotatable bonds is 1. The zero-order valence-corrected chi connectivity index (χ0v) is 11.9. The topological polar surface area (TPSA) is 26.0 Å². The monoisotopic (exact) mass is 301 g/mol. The van der Waals surface area contributed by atoms with E-state index in [1.54, 1.807) is 0 Å². The van der Waals surface area contributed by atoms with E-state index in [1.165, 1.54) is 6.07 Å². The molecule has 0 fully saturated rings. The fourth-order valence-electron chi connectivity index (χ4n) is 1.42. The van der Waals surface area contributed by atoms with Crippen LogP contribution in [0.25, 0.3) is 0 Å². The number of benzene rings is 1. The highest BCUT2D eigenvalue weighted by molar-refractivity contribution is 6.31. The first-order chi connectivity index (χ1) is 7.53. The molecular formula is C12H16Cl2F3N. The second-order valence-corrected chi connectivity index (χ2v) is 5.48. The molecule has 1 rings (SSSR count). The summed E-state index contributed by atoms with van der Waals surface area (Å²) >= 11 is 5.90. The Bertz CT molecular complexity index is 411. The number of hydrogen-bond acceptors (Lipinski definition) is 1. The van der Waals surface area contributed by atoms with Crippen molar-refractivity contribution in [2.24, 2.45) is 11.1 Å². The van der Waals surface area contributed by atoms with Crippen LogP contribution in [0.5, 0.6) is 0 Å². The fourth-order valence-corrected chi connectivity index (χ4v) is 1.66. The number of nitrogens with two attached hydrogens (primary N) is 1. The van der Waals surface area contributed by atoms with Crippen LogP contribution in [0.3, 0.4) is 0 Å². The van der Waals surface area contributed by atoms with Gasteiger partial charge in [0.05, 0.1) is 5.56 Å². The van der Waals surface area contributed by atoms with Gasteiger partial charge in [0.1, 0.15) is 0 Å². The van der Waals surface area contributed by atoms with Crippen LogP contribution in [0.2, 0.25) is 5.02 Å². The Morgan fingerprint density at radius 1 is 1.17 bits per heavy atom. The third-order valence-corrected chi connectivity index (χ3v) is 2.94. The maximum atomic E-state index is 12.6. The van der Waals surface area contributed by atoms with Crippen molar-refractivity contribution in [3.05, 3.63) is 34.3 Å². The second-order valence-electron chi connectivity index (χ2n) is 5.08. The summed E-state index contributed by atoms with van der Waals surface area (Å²) in [4.78, 5) is 0. The summed E-state index contributed by atoms with van der Waals surface area (Å²) in [5.41, 5.74) is 5.18. The third-order valence-electron chi connectivity index (χ3n) is 2.59. The van der Waals surface area contributed by atoms with Crippen LogP contribution >= 0.6 is 24.0 Å². The van der Waals surface area contributed by atoms with Gasteiger partial charge in [0.15, 0.2) is 0 Å². The maximum absolute atomic E-state index is 12.6. The molecule has 0 saturated carbocycles. The molecule has 1 aromatic carbocycles. The highest BCUT2D eigenvalue weighted by Crippen LogP contribution is 2.38. The Morgan fingerprint density at radius 2 is 1.67 bits per heavy atom. The highest BCUT2D eigenvalue weighted by atomic mass is 35.5. The van der Waals surface area contributed by atoms with Gasteiger partial charge in [0.25, 0.3) is 0 Å². The van der Waals surface area contributed by atoms with Crippen molar-refractivity contribution < 1.29 is 13.2 Å². The zero-order chi connectivity index (χ0) is 13.4. The molecule has 2 N–H and O–H groups in total. The normalized spacial score (nSPS) is 14.0. The molecule has 0 spiro atoms. The van der Waals surface area contributed by atoms with Crippen molar-refractivity contribution in [2.75, 3.05) is 0 Å². The van der Waals surface area contributed by atoms with Crippen molar-refractivity contribution in [2.45, 2.75) is 33.0 Å². The predicted octanol–water partition coefficient (Wildman–Crippen LogP) is 4.83. The highest BCUT2D eigenvalue weighted by Gasteiger charge is 2.33. The van der Waals surface area contributed by atoms with E-state index in [2.05, 4.69) is 0 Å². The van der Waals surface area contributed by atoms with Crippen molar-refractivity contribution in [3.63, 3.8) is 0 Å². The predicted molar refractivity (Wildman–Crippen MR) is 70.1 cm³/mol. The number of alkyl halides is 3.